The molecule has 0 heterocycles. The Hall–Kier alpha value is -3.62. The van der Waals surface area contributed by atoms with Crippen molar-refractivity contribution < 1.29 is 15.1 Å². The van der Waals surface area contributed by atoms with E-state index in [0.717, 1.165) is 16.8 Å². The van der Waals surface area contributed by atoms with E-state index in [2.05, 4.69) is 10.2 Å². The number of nitro benzene ring substituents is 1. The molecule has 8 nitrogen and oxygen atoms in total. The van der Waals surface area contributed by atoms with Gasteiger partial charge in [0.05, 0.1) is 29.5 Å². The van der Waals surface area contributed by atoms with E-state index in [1.54, 1.807) is 12.1 Å². The summed E-state index contributed by atoms with van der Waals surface area (Å²) in [5, 5.41) is 38.0. The number of aliphatic hydroxyl groups is 2. The Morgan fingerprint density at radius 1 is 0.867 bits per heavy atom. The average molecular weight is 406 g/mol. The van der Waals surface area contributed by atoms with Gasteiger partial charge in [-0.25, -0.2) is 0 Å². The van der Waals surface area contributed by atoms with Gasteiger partial charge in [-0.05, 0) is 35.9 Å². The highest BCUT2D eigenvalue weighted by Gasteiger charge is 2.11. The summed E-state index contributed by atoms with van der Waals surface area (Å²) in [5.74, 6) is 0. The van der Waals surface area contributed by atoms with E-state index >= 15 is 0 Å². The van der Waals surface area contributed by atoms with Gasteiger partial charge >= 0.3 is 0 Å². The predicted molar refractivity (Wildman–Crippen MR) is 116 cm³/mol. The first-order valence-electron chi connectivity index (χ1n) is 9.44. The van der Waals surface area contributed by atoms with Crippen LogP contribution in [0.4, 0.5) is 22.7 Å². The van der Waals surface area contributed by atoms with Crippen LogP contribution in [0.2, 0.25) is 0 Å². The van der Waals surface area contributed by atoms with Crippen LogP contribution in [0.1, 0.15) is 0 Å². The highest BCUT2D eigenvalue weighted by Crippen LogP contribution is 2.35. The fraction of sp³-hybridized carbons (Fsp3) is 0.182. The molecule has 0 aliphatic heterocycles. The van der Waals surface area contributed by atoms with Crippen LogP contribution in [0.3, 0.4) is 0 Å². The molecule has 0 aliphatic rings. The second kappa shape index (κ2) is 10.2. The van der Waals surface area contributed by atoms with Gasteiger partial charge in [0.2, 0.25) is 0 Å². The van der Waals surface area contributed by atoms with Gasteiger partial charge in [0, 0.05) is 36.5 Å². The Balaban J connectivity index is 1.97. The first-order chi connectivity index (χ1) is 14.6. The minimum absolute atomic E-state index is 0.00358. The van der Waals surface area contributed by atoms with Crippen molar-refractivity contribution >= 4 is 22.7 Å². The summed E-state index contributed by atoms with van der Waals surface area (Å²) < 4.78 is 0. The zero-order valence-electron chi connectivity index (χ0n) is 16.3. The molecular weight excluding hydrogens is 384 g/mol. The molecule has 0 spiro atoms. The number of nitrogens with zero attached hydrogens (tertiary/aromatic N) is 4. The minimum atomic E-state index is -0.461. The Kier molecular flexibility index (Phi) is 7.20. The topological polar surface area (TPSA) is 112 Å². The molecule has 8 heteroatoms. The third kappa shape index (κ3) is 5.25. The van der Waals surface area contributed by atoms with E-state index in [1.807, 2.05) is 53.4 Å². The summed E-state index contributed by atoms with van der Waals surface area (Å²) in [4.78, 5) is 12.2. The van der Waals surface area contributed by atoms with Crippen molar-refractivity contribution in [3.63, 3.8) is 0 Å². The highest BCUT2D eigenvalue weighted by molar-refractivity contribution is 5.79. The van der Waals surface area contributed by atoms with Crippen molar-refractivity contribution in [3.8, 4) is 11.1 Å². The Bertz CT molecular complexity index is 1000. The number of hydrogen-bond donors (Lipinski definition) is 2. The normalized spacial score (nSPS) is 11.0. The number of aliphatic hydroxyl groups excluding tert-OH is 2. The lowest BCUT2D eigenvalue weighted by Crippen LogP contribution is -2.29. The van der Waals surface area contributed by atoms with E-state index in [0.29, 0.717) is 24.5 Å². The molecule has 0 bridgehead atoms. The van der Waals surface area contributed by atoms with E-state index < -0.39 is 4.92 Å². The average Bonchev–Trinajstić information content (AvgIpc) is 2.78. The largest absolute Gasteiger partial charge is 0.395 e. The number of nitro groups is 1. The molecule has 154 valence electrons. The maximum Gasteiger partial charge on any atom is 0.269 e. The SMILES string of the molecule is O=[N+]([O-])c1ccc(N=Nc2ccc(N(CCO)CCO)cc2-c2ccccc2)cc1. The predicted octanol–water partition coefficient (Wildman–Crippen LogP) is 4.47. The van der Waals surface area contributed by atoms with Crippen LogP contribution in [0, 0.1) is 10.1 Å². The van der Waals surface area contributed by atoms with Crippen molar-refractivity contribution in [2.24, 2.45) is 10.2 Å². The van der Waals surface area contributed by atoms with Crippen LogP contribution in [0.15, 0.2) is 83.0 Å². The summed E-state index contributed by atoms with van der Waals surface area (Å²) in [6.45, 7) is 0.751. The molecular formula is C22H22N4O4. The molecule has 2 N–H and O–H groups in total. The molecule has 0 fully saturated rings. The van der Waals surface area contributed by atoms with Crippen LogP contribution < -0.4 is 4.90 Å². The molecule has 0 saturated heterocycles. The Morgan fingerprint density at radius 3 is 2.13 bits per heavy atom. The molecule has 0 aromatic heterocycles. The van der Waals surface area contributed by atoms with E-state index in [4.69, 9.17) is 0 Å². The van der Waals surface area contributed by atoms with Gasteiger partial charge in [-0.1, -0.05) is 30.3 Å². The maximum atomic E-state index is 10.8. The number of hydrogen-bond acceptors (Lipinski definition) is 7. The minimum Gasteiger partial charge on any atom is -0.395 e. The smallest absolute Gasteiger partial charge is 0.269 e. The molecule has 3 rings (SSSR count). The Morgan fingerprint density at radius 2 is 1.53 bits per heavy atom. The second-order valence-electron chi connectivity index (χ2n) is 6.48. The van der Waals surface area contributed by atoms with E-state index in [1.165, 1.54) is 12.1 Å². The highest BCUT2D eigenvalue weighted by atomic mass is 16.6. The van der Waals surface area contributed by atoms with Crippen molar-refractivity contribution in [1.82, 2.24) is 0 Å². The zero-order valence-corrected chi connectivity index (χ0v) is 16.3. The van der Waals surface area contributed by atoms with Crippen molar-refractivity contribution in [2.45, 2.75) is 0 Å². The third-order valence-corrected chi connectivity index (χ3v) is 4.50. The van der Waals surface area contributed by atoms with Gasteiger partial charge in [0.1, 0.15) is 0 Å². The first kappa shape index (κ1) is 21.1. The van der Waals surface area contributed by atoms with Gasteiger partial charge in [0.15, 0.2) is 0 Å². The molecule has 0 saturated carbocycles. The van der Waals surface area contributed by atoms with Crippen LogP contribution in [-0.4, -0.2) is 41.4 Å². The molecule has 0 atom stereocenters. The summed E-state index contributed by atoms with van der Waals surface area (Å²) >= 11 is 0. The van der Waals surface area contributed by atoms with Crippen LogP contribution in [0.25, 0.3) is 11.1 Å². The summed E-state index contributed by atoms with van der Waals surface area (Å²) in [5.41, 5.74) is 3.79. The number of rotatable bonds is 9. The monoisotopic (exact) mass is 406 g/mol. The lowest BCUT2D eigenvalue weighted by atomic mass is 10.0. The van der Waals surface area contributed by atoms with Crippen molar-refractivity contribution in [2.75, 3.05) is 31.2 Å². The standard InChI is InChI=1S/C22H22N4O4/c27-14-12-25(13-15-28)20-10-11-22(21(16-20)17-4-2-1-3-5-17)24-23-18-6-8-19(9-7-18)26(29)30/h1-11,16,27-28H,12-15H2. The quantitative estimate of drug-likeness (QED) is 0.309. The summed E-state index contributed by atoms with van der Waals surface area (Å²) in [6, 6.07) is 21.2. The molecule has 3 aromatic carbocycles. The fourth-order valence-corrected chi connectivity index (χ4v) is 3.02. The lowest BCUT2D eigenvalue weighted by molar-refractivity contribution is -0.384. The summed E-state index contributed by atoms with van der Waals surface area (Å²) in [7, 11) is 0. The van der Waals surface area contributed by atoms with Gasteiger partial charge < -0.3 is 15.1 Å². The molecule has 3 aromatic rings. The maximum absolute atomic E-state index is 10.8. The third-order valence-electron chi connectivity index (χ3n) is 4.50. The van der Waals surface area contributed by atoms with Crippen LogP contribution in [-0.2, 0) is 0 Å². The first-order valence-corrected chi connectivity index (χ1v) is 9.44. The van der Waals surface area contributed by atoms with Gasteiger partial charge in [-0.2, -0.15) is 5.11 Å². The molecule has 30 heavy (non-hydrogen) atoms. The van der Waals surface area contributed by atoms with Crippen LogP contribution in [0.5, 0.6) is 0 Å². The molecule has 0 unspecified atom stereocenters. The zero-order chi connectivity index (χ0) is 21.3. The number of anilines is 1. The number of azo groups is 1. The van der Waals surface area contributed by atoms with Gasteiger partial charge in [-0.15, -0.1) is 5.11 Å². The number of benzene rings is 3. The van der Waals surface area contributed by atoms with Crippen molar-refractivity contribution in [3.05, 3.63) is 82.9 Å². The van der Waals surface area contributed by atoms with Gasteiger partial charge in [-0.3, -0.25) is 10.1 Å². The van der Waals surface area contributed by atoms with Crippen molar-refractivity contribution in [1.29, 1.82) is 0 Å². The van der Waals surface area contributed by atoms with Crippen LogP contribution >= 0.6 is 0 Å². The number of non-ortho nitro benzene ring substituents is 1. The molecule has 0 aliphatic carbocycles. The van der Waals surface area contributed by atoms with E-state index in [9.17, 15) is 20.3 Å². The molecule has 0 radical (unpaired) electrons. The molecule has 0 amide bonds. The second-order valence-corrected chi connectivity index (χ2v) is 6.48. The lowest BCUT2D eigenvalue weighted by Gasteiger charge is -2.24. The summed E-state index contributed by atoms with van der Waals surface area (Å²) in [6.07, 6.45) is 0. The van der Waals surface area contributed by atoms with E-state index in [-0.39, 0.29) is 18.9 Å². The fourth-order valence-electron chi connectivity index (χ4n) is 3.02. The Labute approximate surface area is 173 Å². The van der Waals surface area contributed by atoms with Gasteiger partial charge in [0.25, 0.3) is 5.69 Å².